The summed E-state index contributed by atoms with van der Waals surface area (Å²) in [5.74, 6) is -0.260. The third-order valence-corrected chi connectivity index (χ3v) is 1.51. The van der Waals surface area contributed by atoms with Crippen LogP contribution in [0.3, 0.4) is 0 Å². The van der Waals surface area contributed by atoms with E-state index in [2.05, 4.69) is 15.4 Å². The molecule has 0 saturated carbocycles. The molecule has 1 amide bonds. The van der Waals surface area contributed by atoms with Gasteiger partial charge in [0.1, 0.15) is 6.61 Å². The highest BCUT2D eigenvalue weighted by Gasteiger charge is 2.27. The maximum atomic E-state index is 11.6. The van der Waals surface area contributed by atoms with E-state index in [0.717, 1.165) is 0 Å². The minimum absolute atomic E-state index is 0.0781. The van der Waals surface area contributed by atoms with Gasteiger partial charge in [0.05, 0.1) is 13.2 Å². The molecule has 0 radical (unpaired) electrons. The summed E-state index contributed by atoms with van der Waals surface area (Å²) in [4.78, 5) is 11.1. The maximum absolute atomic E-state index is 11.6. The largest absolute Gasteiger partial charge is 0.411 e. The fourth-order valence-corrected chi connectivity index (χ4v) is 0.810. The molecule has 0 aliphatic heterocycles. The normalized spacial score (nSPS) is 11.9. The number of rotatable bonds is 7. The highest BCUT2D eigenvalue weighted by atomic mass is 19.4. The van der Waals surface area contributed by atoms with Crippen molar-refractivity contribution in [1.29, 1.82) is 0 Å². The van der Waals surface area contributed by atoms with Crippen LogP contribution in [-0.2, 0) is 9.53 Å². The van der Waals surface area contributed by atoms with Crippen LogP contribution in [0.5, 0.6) is 0 Å². The number of carbonyl (C=O) groups is 1. The molecule has 0 spiro atoms. The molecule has 0 aliphatic carbocycles. The second kappa shape index (κ2) is 7.45. The number of hydrogen-bond acceptors (Lipinski definition) is 3. The van der Waals surface area contributed by atoms with Crippen molar-refractivity contribution in [2.24, 2.45) is 0 Å². The molecule has 0 aromatic carbocycles. The van der Waals surface area contributed by atoms with Gasteiger partial charge in [-0.2, -0.15) is 13.2 Å². The first-order valence-corrected chi connectivity index (χ1v) is 4.96. The van der Waals surface area contributed by atoms with Crippen LogP contribution in [0.15, 0.2) is 0 Å². The Kier molecular flexibility index (Phi) is 7.07. The Bertz CT molecular complexity index is 207. The molecule has 0 heterocycles. The summed E-state index contributed by atoms with van der Waals surface area (Å²) in [6.45, 7) is 2.57. The molecule has 0 rings (SSSR count). The predicted molar refractivity (Wildman–Crippen MR) is 53.0 cm³/mol. The van der Waals surface area contributed by atoms with Crippen LogP contribution in [0.1, 0.15) is 13.8 Å². The minimum Gasteiger partial charge on any atom is -0.370 e. The van der Waals surface area contributed by atoms with Gasteiger partial charge < -0.3 is 15.4 Å². The van der Waals surface area contributed by atoms with E-state index in [0.29, 0.717) is 0 Å². The van der Waals surface area contributed by atoms with Gasteiger partial charge in [-0.1, -0.05) is 13.8 Å². The van der Waals surface area contributed by atoms with Gasteiger partial charge in [0.15, 0.2) is 0 Å². The Morgan fingerprint density at radius 3 is 2.50 bits per heavy atom. The van der Waals surface area contributed by atoms with E-state index in [1.807, 2.05) is 13.8 Å². The molecule has 0 aliphatic rings. The zero-order valence-corrected chi connectivity index (χ0v) is 9.36. The smallest absolute Gasteiger partial charge is 0.370 e. The summed E-state index contributed by atoms with van der Waals surface area (Å²) < 4.78 is 39.2. The van der Waals surface area contributed by atoms with E-state index in [9.17, 15) is 18.0 Å². The molecular formula is C9H17F3N2O2. The molecule has 7 heteroatoms. The number of amides is 1. The second-order valence-corrected chi connectivity index (χ2v) is 3.55. The molecule has 0 fully saturated rings. The van der Waals surface area contributed by atoms with Gasteiger partial charge in [0.2, 0.25) is 5.91 Å². The summed E-state index contributed by atoms with van der Waals surface area (Å²) in [6.07, 6.45) is -4.32. The predicted octanol–water partition coefficient (Wildman–Crippen LogP) is 0.679. The van der Waals surface area contributed by atoms with Crippen LogP contribution in [0.25, 0.3) is 0 Å². The Balaban J connectivity index is 3.35. The minimum atomic E-state index is -4.32. The number of carbonyl (C=O) groups excluding carboxylic acids is 1. The summed E-state index contributed by atoms with van der Waals surface area (Å²) in [5.41, 5.74) is 0. The lowest BCUT2D eigenvalue weighted by Gasteiger charge is -2.10. The fraction of sp³-hybridized carbons (Fsp3) is 0.889. The van der Waals surface area contributed by atoms with E-state index in [4.69, 9.17) is 0 Å². The van der Waals surface area contributed by atoms with Gasteiger partial charge in [0.25, 0.3) is 0 Å². The molecule has 4 nitrogen and oxygen atoms in total. The Morgan fingerprint density at radius 2 is 2.00 bits per heavy atom. The maximum Gasteiger partial charge on any atom is 0.411 e. The van der Waals surface area contributed by atoms with Crippen LogP contribution in [0.4, 0.5) is 13.2 Å². The number of hydrogen-bond donors (Lipinski definition) is 2. The molecule has 0 aromatic rings. The number of nitrogens with one attached hydrogen (secondary N) is 2. The van der Waals surface area contributed by atoms with E-state index >= 15 is 0 Å². The standard InChI is InChI=1S/C9H17F3N2O2/c1-7(2)14-5-8(15)13-3-4-16-6-9(10,11)12/h7,14H,3-6H2,1-2H3,(H,13,15). The summed E-state index contributed by atoms with van der Waals surface area (Å²) in [7, 11) is 0. The number of halogens is 3. The van der Waals surface area contributed by atoms with Gasteiger partial charge in [0, 0.05) is 12.6 Å². The van der Waals surface area contributed by atoms with Gasteiger partial charge in [-0.05, 0) is 0 Å². The zero-order valence-electron chi connectivity index (χ0n) is 9.36. The van der Waals surface area contributed by atoms with Crippen molar-refractivity contribution in [3.8, 4) is 0 Å². The first-order valence-electron chi connectivity index (χ1n) is 4.96. The van der Waals surface area contributed by atoms with E-state index < -0.39 is 12.8 Å². The average molecular weight is 242 g/mol. The molecule has 0 atom stereocenters. The van der Waals surface area contributed by atoms with Crippen molar-refractivity contribution in [3.05, 3.63) is 0 Å². The van der Waals surface area contributed by atoms with Crippen molar-refractivity contribution < 1.29 is 22.7 Å². The molecule has 0 bridgehead atoms. The van der Waals surface area contributed by atoms with Crippen molar-refractivity contribution >= 4 is 5.91 Å². The van der Waals surface area contributed by atoms with Crippen molar-refractivity contribution in [3.63, 3.8) is 0 Å². The molecule has 0 aromatic heterocycles. The highest BCUT2D eigenvalue weighted by molar-refractivity contribution is 5.77. The van der Waals surface area contributed by atoms with Crippen LogP contribution in [-0.4, -0.2) is 44.4 Å². The molecule has 0 unspecified atom stereocenters. The molecule has 2 N–H and O–H groups in total. The fourth-order valence-electron chi connectivity index (χ4n) is 0.810. The highest BCUT2D eigenvalue weighted by Crippen LogP contribution is 2.13. The quantitative estimate of drug-likeness (QED) is 0.645. The Labute approximate surface area is 92.5 Å². The third-order valence-electron chi connectivity index (χ3n) is 1.51. The molecular weight excluding hydrogens is 225 g/mol. The number of alkyl halides is 3. The molecule has 96 valence electrons. The topological polar surface area (TPSA) is 50.4 Å². The summed E-state index contributed by atoms with van der Waals surface area (Å²) >= 11 is 0. The van der Waals surface area contributed by atoms with Gasteiger partial charge in [-0.15, -0.1) is 0 Å². The average Bonchev–Trinajstić information content (AvgIpc) is 2.12. The molecule has 16 heavy (non-hydrogen) atoms. The lowest BCUT2D eigenvalue weighted by atomic mass is 10.4. The van der Waals surface area contributed by atoms with Crippen LogP contribution >= 0.6 is 0 Å². The van der Waals surface area contributed by atoms with Crippen molar-refractivity contribution in [2.75, 3.05) is 26.3 Å². The van der Waals surface area contributed by atoms with Gasteiger partial charge in [-0.3, -0.25) is 4.79 Å². The van der Waals surface area contributed by atoms with Crippen LogP contribution in [0, 0.1) is 0 Å². The van der Waals surface area contributed by atoms with Crippen LogP contribution in [0.2, 0.25) is 0 Å². The third kappa shape index (κ3) is 11.3. The van der Waals surface area contributed by atoms with Gasteiger partial charge >= 0.3 is 6.18 Å². The number of ether oxygens (including phenoxy) is 1. The van der Waals surface area contributed by atoms with E-state index in [1.165, 1.54) is 0 Å². The van der Waals surface area contributed by atoms with Crippen LogP contribution < -0.4 is 10.6 Å². The van der Waals surface area contributed by atoms with E-state index in [-0.39, 0.29) is 31.6 Å². The SMILES string of the molecule is CC(C)NCC(=O)NCCOCC(F)(F)F. The van der Waals surface area contributed by atoms with E-state index in [1.54, 1.807) is 0 Å². The lowest BCUT2D eigenvalue weighted by Crippen LogP contribution is -2.38. The lowest BCUT2D eigenvalue weighted by molar-refractivity contribution is -0.173. The first-order chi connectivity index (χ1) is 7.31. The van der Waals surface area contributed by atoms with Crippen molar-refractivity contribution in [2.45, 2.75) is 26.1 Å². The Hall–Kier alpha value is -0.820. The summed E-state index contributed by atoms with van der Waals surface area (Å²) in [6, 6.07) is 0.187. The monoisotopic (exact) mass is 242 g/mol. The Morgan fingerprint density at radius 1 is 1.38 bits per heavy atom. The first kappa shape index (κ1) is 15.2. The second-order valence-electron chi connectivity index (χ2n) is 3.55. The summed E-state index contributed by atoms with van der Waals surface area (Å²) in [5, 5.41) is 5.31. The van der Waals surface area contributed by atoms with Crippen molar-refractivity contribution in [1.82, 2.24) is 10.6 Å². The van der Waals surface area contributed by atoms with Gasteiger partial charge in [-0.25, -0.2) is 0 Å². The molecule has 0 saturated heterocycles. The zero-order chi connectivity index (χ0) is 12.6.